The fourth-order valence-electron chi connectivity index (χ4n) is 5.19. The Balaban J connectivity index is 1.39. The van der Waals surface area contributed by atoms with Gasteiger partial charge in [-0.3, -0.25) is 4.79 Å². The zero-order chi connectivity index (χ0) is 27.7. The van der Waals surface area contributed by atoms with Gasteiger partial charge in [-0.15, -0.1) is 0 Å². The van der Waals surface area contributed by atoms with Gasteiger partial charge in [-0.25, -0.2) is 4.79 Å². The number of fused-ring (bicyclic) bond motifs is 1. The Kier molecular flexibility index (Phi) is 7.07. The molecule has 0 aliphatic heterocycles. The number of nitrogens with one attached hydrogen (secondary N) is 1. The van der Waals surface area contributed by atoms with Gasteiger partial charge in [0.1, 0.15) is 0 Å². The van der Waals surface area contributed by atoms with Crippen LogP contribution in [0.25, 0.3) is 22.0 Å². The largest absolute Gasteiger partial charge is 0.478 e. The molecule has 1 atom stereocenters. The molecule has 0 saturated heterocycles. The zero-order valence-corrected chi connectivity index (χ0v) is 22.7. The molecule has 0 aliphatic rings. The number of benzene rings is 4. The minimum absolute atomic E-state index is 0.0899. The molecule has 2 N–H and O–H groups in total. The molecular formula is C34H32N2O3. The van der Waals surface area contributed by atoms with Gasteiger partial charge in [0, 0.05) is 28.7 Å². The van der Waals surface area contributed by atoms with E-state index < -0.39 is 5.97 Å². The average Bonchev–Trinajstić information content (AvgIpc) is 3.17. The van der Waals surface area contributed by atoms with Crippen LogP contribution in [0.4, 0.5) is 0 Å². The highest BCUT2D eigenvalue weighted by molar-refractivity contribution is 5.99. The molecule has 1 amide bonds. The van der Waals surface area contributed by atoms with Gasteiger partial charge in [0.15, 0.2) is 0 Å². The number of carboxylic acids is 1. The Bertz CT molecular complexity index is 1700. The Hall–Kier alpha value is -4.64. The second-order valence-electron chi connectivity index (χ2n) is 10.2. The van der Waals surface area contributed by atoms with E-state index in [0.717, 1.165) is 38.9 Å². The molecule has 0 bridgehead atoms. The lowest BCUT2D eigenvalue weighted by molar-refractivity contribution is 0.0697. The molecule has 5 heteroatoms. The third-order valence-corrected chi connectivity index (χ3v) is 7.55. The van der Waals surface area contributed by atoms with Crippen molar-refractivity contribution in [3.63, 3.8) is 0 Å². The second kappa shape index (κ2) is 10.6. The van der Waals surface area contributed by atoms with Crippen LogP contribution in [0.5, 0.6) is 0 Å². The van der Waals surface area contributed by atoms with Crippen molar-refractivity contribution in [3.8, 4) is 11.1 Å². The van der Waals surface area contributed by atoms with E-state index in [9.17, 15) is 14.7 Å². The van der Waals surface area contributed by atoms with Crippen LogP contribution in [0, 0.1) is 20.8 Å². The third-order valence-electron chi connectivity index (χ3n) is 7.55. The first kappa shape index (κ1) is 26.0. The highest BCUT2D eigenvalue weighted by atomic mass is 16.4. The number of carbonyl (C=O) groups excluding carboxylic acids is 1. The predicted molar refractivity (Wildman–Crippen MR) is 156 cm³/mol. The fraction of sp³-hybridized carbons (Fsp3) is 0.176. The molecule has 0 radical (unpaired) electrons. The Morgan fingerprint density at radius 2 is 1.62 bits per heavy atom. The quantitative estimate of drug-likeness (QED) is 0.236. The van der Waals surface area contributed by atoms with Crippen LogP contribution in [0.2, 0.25) is 0 Å². The topological polar surface area (TPSA) is 71.3 Å². The lowest BCUT2D eigenvalue weighted by Crippen LogP contribution is -2.26. The van der Waals surface area contributed by atoms with Gasteiger partial charge in [0.25, 0.3) is 5.91 Å². The molecule has 0 spiro atoms. The summed E-state index contributed by atoms with van der Waals surface area (Å²) in [5.41, 5.74) is 9.26. The van der Waals surface area contributed by atoms with Gasteiger partial charge in [-0.1, -0.05) is 72.3 Å². The molecule has 39 heavy (non-hydrogen) atoms. The summed E-state index contributed by atoms with van der Waals surface area (Å²) in [5, 5.41) is 13.7. The molecule has 1 heterocycles. The first-order valence-corrected chi connectivity index (χ1v) is 13.1. The number of aromatic nitrogens is 1. The van der Waals surface area contributed by atoms with Crippen LogP contribution >= 0.6 is 0 Å². The molecule has 5 aromatic rings. The van der Waals surface area contributed by atoms with Gasteiger partial charge < -0.3 is 15.0 Å². The van der Waals surface area contributed by atoms with Crippen molar-refractivity contribution >= 4 is 22.8 Å². The summed E-state index contributed by atoms with van der Waals surface area (Å²) in [7, 11) is 0. The molecular weight excluding hydrogens is 484 g/mol. The van der Waals surface area contributed by atoms with Crippen LogP contribution in [-0.2, 0) is 6.54 Å². The number of amides is 1. The van der Waals surface area contributed by atoms with E-state index in [1.807, 2.05) is 73.7 Å². The predicted octanol–water partition coefficient (Wildman–Crippen LogP) is 7.47. The standard InChI is InChI=1S/C34H32N2O3/c1-21-8-7-9-27(18-21)23(3)35-33(37)28-16-17-32-31(19-28)22(2)24(4)36(32)20-25-12-14-26(15-13-25)29-10-5-6-11-30(29)34(38)39/h5-19,23H,20H2,1-4H3,(H,35,37)(H,38,39)/t23-/m0/s1. The van der Waals surface area contributed by atoms with Gasteiger partial charge in [-0.05, 0) is 79.8 Å². The normalized spacial score (nSPS) is 11.9. The van der Waals surface area contributed by atoms with Gasteiger partial charge in [0.05, 0.1) is 11.6 Å². The number of rotatable bonds is 7. The minimum atomic E-state index is -0.933. The van der Waals surface area contributed by atoms with Gasteiger partial charge in [-0.2, -0.15) is 0 Å². The molecule has 0 saturated carbocycles. The smallest absolute Gasteiger partial charge is 0.336 e. The summed E-state index contributed by atoms with van der Waals surface area (Å²) in [6.45, 7) is 8.92. The second-order valence-corrected chi connectivity index (χ2v) is 10.2. The highest BCUT2D eigenvalue weighted by Crippen LogP contribution is 2.29. The molecule has 1 aromatic heterocycles. The SMILES string of the molecule is Cc1cccc([C@H](C)NC(=O)c2ccc3c(c2)c(C)c(C)n3Cc2ccc(-c3ccccc3C(=O)O)cc2)c1. The van der Waals surface area contributed by atoms with E-state index in [4.69, 9.17) is 0 Å². The maximum Gasteiger partial charge on any atom is 0.336 e. The van der Waals surface area contributed by atoms with Crippen molar-refractivity contribution in [3.05, 3.63) is 130 Å². The van der Waals surface area contributed by atoms with Gasteiger partial charge >= 0.3 is 5.97 Å². The van der Waals surface area contributed by atoms with Crippen molar-refractivity contribution in [2.24, 2.45) is 0 Å². The van der Waals surface area contributed by atoms with Crippen LogP contribution in [0.15, 0.2) is 91.0 Å². The molecule has 4 aromatic carbocycles. The summed E-state index contributed by atoms with van der Waals surface area (Å²) >= 11 is 0. The van der Waals surface area contributed by atoms with E-state index in [2.05, 4.69) is 42.8 Å². The number of hydrogen-bond donors (Lipinski definition) is 2. The van der Waals surface area contributed by atoms with E-state index in [-0.39, 0.29) is 11.9 Å². The summed E-state index contributed by atoms with van der Waals surface area (Å²) in [5.74, 6) is -1.02. The number of aryl methyl sites for hydroxylation is 2. The minimum Gasteiger partial charge on any atom is -0.478 e. The first-order valence-electron chi connectivity index (χ1n) is 13.1. The maximum atomic E-state index is 13.1. The summed E-state index contributed by atoms with van der Waals surface area (Å²) < 4.78 is 2.27. The van der Waals surface area contributed by atoms with Crippen LogP contribution < -0.4 is 5.32 Å². The van der Waals surface area contributed by atoms with Crippen LogP contribution in [0.3, 0.4) is 0 Å². The number of carbonyl (C=O) groups is 2. The third kappa shape index (κ3) is 5.21. The first-order chi connectivity index (χ1) is 18.7. The van der Waals surface area contributed by atoms with Crippen molar-refractivity contribution in [1.82, 2.24) is 9.88 Å². The Morgan fingerprint density at radius 1 is 0.872 bits per heavy atom. The summed E-state index contributed by atoms with van der Waals surface area (Å²) in [6.07, 6.45) is 0. The molecule has 196 valence electrons. The van der Waals surface area contributed by atoms with Crippen molar-refractivity contribution in [2.75, 3.05) is 0 Å². The Morgan fingerprint density at radius 3 is 2.33 bits per heavy atom. The van der Waals surface area contributed by atoms with E-state index in [1.54, 1.807) is 12.1 Å². The zero-order valence-electron chi connectivity index (χ0n) is 22.7. The maximum absolute atomic E-state index is 13.1. The molecule has 0 unspecified atom stereocenters. The molecule has 5 rings (SSSR count). The van der Waals surface area contributed by atoms with E-state index in [0.29, 0.717) is 23.2 Å². The lowest BCUT2D eigenvalue weighted by atomic mass is 9.99. The van der Waals surface area contributed by atoms with Crippen LogP contribution in [-0.4, -0.2) is 21.6 Å². The fourth-order valence-corrected chi connectivity index (χ4v) is 5.19. The van der Waals surface area contributed by atoms with Crippen LogP contribution in [0.1, 0.15) is 61.6 Å². The number of nitrogens with zero attached hydrogens (tertiary/aromatic N) is 1. The lowest BCUT2D eigenvalue weighted by Gasteiger charge is -2.15. The average molecular weight is 517 g/mol. The molecule has 0 fully saturated rings. The number of carboxylic acid groups (broad SMARTS) is 1. The van der Waals surface area contributed by atoms with E-state index in [1.165, 1.54) is 5.56 Å². The highest BCUT2D eigenvalue weighted by Gasteiger charge is 2.17. The van der Waals surface area contributed by atoms with Crippen molar-refractivity contribution < 1.29 is 14.7 Å². The summed E-state index contributed by atoms with van der Waals surface area (Å²) in [4.78, 5) is 24.7. The monoisotopic (exact) mass is 516 g/mol. The van der Waals surface area contributed by atoms with Gasteiger partial charge in [0.2, 0.25) is 0 Å². The Labute approximate surface area is 228 Å². The van der Waals surface area contributed by atoms with Crippen molar-refractivity contribution in [2.45, 2.75) is 40.3 Å². The number of aromatic carboxylic acids is 1. The molecule has 5 nitrogen and oxygen atoms in total. The number of hydrogen-bond acceptors (Lipinski definition) is 2. The van der Waals surface area contributed by atoms with Crippen molar-refractivity contribution in [1.29, 1.82) is 0 Å². The summed E-state index contributed by atoms with van der Waals surface area (Å²) in [6, 6.07) is 29.1. The molecule has 0 aliphatic carbocycles. The van der Waals surface area contributed by atoms with E-state index >= 15 is 0 Å².